The van der Waals surface area contributed by atoms with Gasteiger partial charge < -0.3 is 4.90 Å². The molecule has 1 aliphatic heterocycles. The first-order valence-corrected chi connectivity index (χ1v) is 7.08. The van der Waals surface area contributed by atoms with Gasteiger partial charge in [0, 0.05) is 23.6 Å². The first-order valence-electron chi connectivity index (χ1n) is 6.29. The van der Waals surface area contributed by atoms with Crippen LogP contribution in [0.15, 0.2) is 22.7 Å². The Morgan fingerprint density at radius 1 is 1.33 bits per heavy atom. The van der Waals surface area contributed by atoms with Crippen molar-refractivity contribution in [2.75, 3.05) is 18.0 Å². The molecule has 0 aromatic heterocycles. The highest BCUT2D eigenvalue weighted by Crippen LogP contribution is 2.53. The Balaban J connectivity index is 1.93. The lowest BCUT2D eigenvalue weighted by Gasteiger charge is -2.34. The van der Waals surface area contributed by atoms with Gasteiger partial charge in [0.05, 0.1) is 4.92 Å². The zero-order valence-corrected chi connectivity index (χ0v) is 11.6. The first kappa shape index (κ1) is 12.0. The molecular formula is C13H15BrN2O2. The number of hydrogen-bond acceptors (Lipinski definition) is 3. The number of nitro benzene ring substituents is 1. The molecule has 96 valence electrons. The van der Waals surface area contributed by atoms with Crippen LogP contribution in [0.5, 0.6) is 0 Å². The summed E-state index contributed by atoms with van der Waals surface area (Å²) in [4.78, 5) is 13.1. The molecule has 3 rings (SSSR count). The highest BCUT2D eigenvalue weighted by atomic mass is 79.9. The van der Waals surface area contributed by atoms with Crippen molar-refractivity contribution in [2.45, 2.75) is 25.7 Å². The van der Waals surface area contributed by atoms with Gasteiger partial charge in [0.15, 0.2) is 0 Å². The summed E-state index contributed by atoms with van der Waals surface area (Å²) in [7, 11) is 0. The minimum atomic E-state index is -0.283. The number of benzene rings is 1. The van der Waals surface area contributed by atoms with Crippen molar-refractivity contribution in [1.82, 2.24) is 0 Å². The van der Waals surface area contributed by atoms with E-state index in [0.717, 1.165) is 29.7 Å². The normalized spacial score (nSPS) is 21.1. The molecule has 0 unspecified atom stereocenters. The number of piperidine rings is 1. The molecule has 1 saturated heterocycles. The van der Waals surface area contributed by atoms with Crippen molar-refractivity contribution in [1.29, 1.82) is 0 Å². The Kier molecular flexibility index (Phi) is 2.81. The van der Waals surface area contributed by atoms with E-state index in [1.165, 1.54) is 19.3 Å². The monoisotopic (exact) mass is 310 g/mol. The van der Waals surface area contributed by atoms with Crippen molar-refractivity contribution in [3.8, 4) is 0 Å². The Morgan fingerprint density at radius 3 is 2.78 bits per heavy atom. The smallest absolute Gasteiger partial charge is 0.293 e. The summed E-state index contributed by atoms with van der Waals surface area (Å²) in [6, 6.07) is 5.35. The summed E-state index contributed by atoms with van der Waals surface area (Å²) < 4.78 is 0.760. The maximum absolute atomic E-state index is 11.2. The average Bonchev–Trinajstić information content (AvgIpc) is 3.08. The summed E-state index contributed by atoms with van der Waals surface area (Å²) in [6.45, 7) is 1.92. The SMILES string of the molecule is O=[N+]([O-])c1cc(Br)ccc1N1CCCC2(CC2)C1. The quantitative estimate of drug-likeness (QED) is 0.617. The summed E-state index contributed by atoms with van der Waals surface area (Å²) in [5.74, 6) is 0. The predicted octanol–water partition coefficient (Wildman–Crippen LogP) is 3.74. The molecule has 1 saturated carbocycles. The molecule has 1 aromatic carbocycles. The van der Waals surface area contributed by atoms with E-state index >= 15 is 0 Å². The lowest BCUT2D eigenvalue weighted by Crippen LogP contribution is -2.36. The van der Waals surface area contributed by atoms with E-state index in [-0.39, 0.29) is 10.6 Å². The zero-order chi connectivity index (χ0) is 12.8. The second kappa shape index (κ2) is 4.23. The van der Waals surface area contributed by atoms with Crippen molar-refractivity contribution in [3.05, 3.63) is 32.8 Å². The number of anilines is 1. The maximum atomic E-state index is 11.2. The summed E-state index contributed by atoms with van der Waals surface area (Å²) in [6.07, 6.45) is 5.00. The lowest BCUT2D eigenvalue weighted by molar-refractivity contribution is -0.384. The van der Waals surface area contributed by atoms with Gasteiger partial charge in [0.2, 0.25) is 0 Å². The molecule has 4 nitrogen and oxygen atoms in total. The molecule has 0 radical (unpaired) electrons. The zero-order valence-electron chi connectivity index (χ0n) is 10.1. The van der Waals surface area contributed by atoms with Crippen LogP contribution in [-0.4, -0.2) is 18.0 Å². The summed E-state index contributed by atoms with van der Waals surface area (Å²) in [5, 5.41) is 11.2. The molecule has 0 amide bonds. The second-order valence-corrected chi connectivity index (χ2v) is 6.33. The van der Waals surface area contributed by atoms with Crippen LogP contribution in [0.25, 0.3) is 0 Å². The molecular weight excluding hydrogens is 296 g/mol. The third kappa shape index (κ3) is 2.11. The van der Waals surface area contributed by atoms with Crippen LogP contribution in [0.1, 0.15) is 25.7 Å². The van der Waals surface area contributed by atoms with Crippen LogP contribution in [-0.2, 0) is 0 Å². The molecule has 0 bridgehead atoms. The van der Waals surface area contributed by atoms with Crippen molar-refractivity contribution >= 4 is 27.3 Å². The van der Waals surface area contributed by atoms with Crippen molar-refractivity contribution < 1.29 is 4.92 Å². The molecule has 1 aliphatic carbocycles. The molecule has 2 fully saturated rings. The van der Waals surface area contributed by atoms with Crippen molar-refractivity contribution in [3.63, 3.8) is 0 Å². The van der Waals surface area contributed by atoms with Crippen LogP contribution in [0.2, 0.25) is 0 Å². The average molecular weight is 311 g/mol. The van der Waals surface area contributed by atoms with E-state index in [1.807, 2.05) is 12.1 Å². The molecule has 1 spiro atoms. The highest BCUT2D eigenvalue weighted by Gasteiger charge is 2.46. The fraction of sp³-hybridized carbons (Fsp3) is 0.538. The molecule has 2 aliphatic rings. The van der Waals surface area contributed by atoms with Gasteiger partial charge >= 0.3 is 0 Å². The Hall–Kier alpha value is -1.10. The maximum Gasteiger partial charge on any atom is 0.293 e. The topological polar surface area (TPSA) is 46.4 Å². The molecule has 5 heteroatoms. The predicted molar refractivity (Wildman–Crippen MR) is 73.9 cm³/mol. The Morgan fingerprint density at radius 2 is 2.11 bits per heavy atom. The minimum Gasteiger partial charge on any atom is -0.365 e. The van der Waals surface area contributed by atoms with E-state index in [9.17, 15) is 10.1 Å². The Labute approximate surface area is 114 Å². The van der Waals surface area contributed by atoms with E-state index in [2.05, 4.69) is 20.8 Å². The van der Waals surface area contributed by atoms with Gasteiger partial charge in [-0.3, -0.25) is 10.1 Å². The van der Waals surface area contributed by atoms with E-state index in [4.69, 9.17) is 0 Å². The number of halogens is 1. The highest BCUT2D eigenvalue weighted by molar-refractivity contribution is 9.10. The van der Waals surface area contributed by atoms with Gasteiger partial charge in [-0.05, 0) is 43.2 Å². The van der Waals surface area contributed by atoms with Gasteiger partial charge in [0.25, 0.3) is 5.69 Å². The Bertz CT molecular complexity index is 500. The van der Waals surface area contributed by atoms with Gasteiger partial charge in [-0.2, -0.15) is 0 Å². The number of nitrogens with zero attached hydrogens (tertiary/aromatic N) is 2. The van der Waals surface area contributed by atoms with Gasteiger partial charge in [0.1, 0.15) is 5.69 Å². The number of hydrogen-bond donors (Lipinski definition) is 0. The van der Waals surface area contributed by atoms with E-state index in [0.29, 0.717) is 5.41 Å². The molecule has 0 atom stereocenters. The first-order chi connectivity index (χ1) is 8.60. The molecule has 0 N–H and O–H groups in total. The van der Waals surface area contributed by atoms with Crippen LogP contribution < -0.4 is 4.90 Å². The fourth-order valence-electron chi connectivity index (χ4n) is 2.91. The molecule has 1 aromatic rings. The number of nitro groups is 1. The molecule has 18 heavy (non-hydrogen) atoms. The summed E-state index contributed by atoms with van der Waals surface area (Å²) >= 11 is 3.30. The van der Waals surface area contributed by atoms with Crippen LogP contribution in [0.3, 0.4) is 0 Å². The van der Waals surface area contributed by atoms with Crippen molar-refractivity contribution in [2.24, 2.45) is 5.41 Å². The van der Waals surface area contributed by atoms with E-state index < -0.39 is 0 Å². The van der Waals surface area contributed by atoms with Gasteiger partial charge in [-0.1, -0.05) is 15.9 Å². The molecule has 1 heterocycles. The summed E-state index contributed by atoms with van der Waals surface area (Å²) in [5.41, 5.74) is 1.45. The van der Waals surface area contributed by atoms with Crippen LogP contribution in [0, 0.1) is 15.5 Å². The largest absolute Gasteiger partial charge is 0.365 e. The van der Waals surface area contributed by atoms with Gasteiger partial charge in [-0.25, -0.2) is 0 Å². The van der Waals surface area contributed by atoms with E-state index in [1.54, 1.807) is 6.07 Å². The second-order valence-electron chi connectivity index (χ2n) is 5.42. The minimum absolute atomic E-state index is 0.210. The number of rotatable bonds is 2. The van der Waals surface area contributed by atoms with Crippen LogP contribution >= 0.6 is 15.9 Å². The fourth-order valence-corrected chi connectivity index (χ4v) is 3.26. The van der Waals surface area contributed by atoms with Crippen LogP contribution in [0.4, 0.5) is 11.4 Å². The standard InChI is InChI=1S/C13H15BrN2O2/c14-10-2-3-11(12(8-10)16(17)18)15-7-1-4-13(9-15)5-6-13/h2-3,8H,1,4-7,9H2. The third-order valence-corrected chi connectivity index (χ3v) is 4.59. The third-order valence-electron chi connectivity index (χ3n) is 4.09. The van der Waals surface area contributed by atoms with Gasteiger partial charge in [-0.15, -0.1) is 0 Å². The lowest BCUT2D eigenvalue weighted by atomic mass is 9.94.